The van der Waals surface area contributed by atoms with Crippen molar-refractivity contribution in [1.82, 2.24) is 5.32 Å². The zero-order valence-corrected chi connectivity index (χ0v) is 9.81. The standard InChI is InChI=1S/C12H19NS/c1-3-5-6-9-13-11(4-2)12-8-7-10-14-12/h3,5,7-8,10-11,13H,4,6,9H2,1-2H3/b5-3+. The molecule has 78 valence electrons. The molecule has 0 aromatic carbocycles. The van der Waals surface area contributed by atoms with Gasteiger partial charge in [-0.15, -0.1) is 11.3 Å². The molecule has 0 saturated heterocycles. The Kier molecular flexibility index (Phi) is 5.57. The molecule has 0 saturated carbocycles. The van der Waals surface area contributed by atoms with Crippen LogP contribution < -0.4 is 5.32 Å². The molecule has 1 nitrogen and oxygen atoms in total. The quantitative estimate of drug-likeness (QED) is 0.555. The maximum absolute atomic E-state index is 3.57. The summed E-state index contributed by atoms with van der Waals surface area (Å²) in [4.78, 5) is 1.45. The zero-order chi connectivity index (χ0) is 10.2. The molecule has 0 aliphatic carbocycles. The lowest BCUT2D eigenvalue weighted by Crippen LogP contribution is -2.20. The molecule has 2 heteroatoms. The molecule has 0 fully saturated rings. The molecule has 1 rings (SSSR count). The van der Waals surface area contributed by atoms with Crippen LogP contribution >= 0.6 is 11.3 Å². The van der Waals surface area contributed by atoms with Gasteiger partial charge in [0.15, 0.2) is 0 Å². The first-order valence-corrected chi connectivity index (χ1v) is 6.14. The lowest BCUT2D eigenvalue weighted by atomic mass is 10.2. The molecule has 1 N–H and O–H groups in total. The predicted molar refractivity (Wildman–Crippen MR) is 64.8 cm³/mol. The Morgan fingerprint density at radius 3 is 3.00 bits per heavy atom. The topological polar surface area (TPSA) is 12.0 Å². The van der Waals surface area contributed by atoms with Crippen molar-refractivity contribution < 1.29 is 0 Å². The van der Waals surface area contributed by atoms with Gasteiger partial charge in [-0.3, -0.25) is 0 Å². The molecule has 1 heterocycles. The monoisotopic (exact) mass is 209 g/mol. The van der Waals surface area contributed by atoms with Crippen LogP contribution in [0.1, 0.15) is 37.6 Å². The van der Waals surface area contributed by atoms with E-state index in [1.165, 1.54) is 4.88 Å². The van der Waals surface area contributed by atoms with E-state index in [1.54, 1.807) is 0 Å². The second-order valence-corrected chi connectivity index (χ2v) is 4.27. The fourth-order valence-corrected chi connectivity index (χ4v) is 2.33. The average Bonchev–Trinajstić information content (AvgIpc) is 2.71. The molecular formula is C12H19NS. The van der Waals surface area contributed by atoms with Crippen molar-refractivity contribution in [3.8, 4) is 0 Å². The van der Waals surface area contributed by atoms with Gasteiger partial charge in [0.1, 0.15) is 0 Å². The van der Waals surface area contributed by atoms with Crippen LogP contribution in [0.15, 0.2) is 29.7 Å². The smallest absolute Gasteiger partial charge is 0.0412 e. The van der Waals surface area contributed by atoms with Crippen molar-refractivity contribution in [2.24, 2.45) is 0 Å². The summed E-state index contributed by atoms with van der Waals surface area (Å²) in [5, 5.41) is 5.71. The van der Waals surface area contributed by atoms with Gasteiger partial charge in [-0.25, -0.2) is 0 Å². The van der Waals surface area contributed by atoms with Crippen LogP contribution in [0.2, 0.25) is 0 Å². The van der Waals surface area contributed by atoms with Gasteiger partial charge in [-0.1, -0.05) is 25.1 Å². The summed E-state index contributed by atoms with van der Waals surface area (Å²) in [5.41, 5.74) is 0. The van der Waals surface area contributed by atoms with Crippen LogP contribution in [0.25, 0.3) is 0 Å². The second kappa shape index (κ2) is 6.80. The van der Waals surface area contributed by atoms with Crippen LogP contribution in [0.3, 0.4) is 0 Å². The molecule has 0 aliphatic rings. The van der Waals surface area contributed by atoms with Crippen LogP contribution in [0, 0.1) is 0 Å². The Morgan fingerprint density at radius 1 is 1.57 bits per heavy atom. The largest absolute Gasteiger partial charge is 0.309 e. The Bertz CT molecular complexity index is 251. The Hall–Kier alpha value is -0.600. The highest BCUT2D eigenvalue weighted by molar-refractivity contribution is 7.10. The van der Waals surface area contributed by atoms with E-state index in [4.69, 9.17) is 0 Å². The fraction of sp³-hybridized carbons (Fsp3) is 0.500. The normalized spacial score (nSPS) is 13.6. The van der Waals surface area contributed by atoms with E-state index in [2.05, 4.69) is 48.8 Å². The summed E-state index contributed by atoms with van der Waals surface area (Å²) in [6.07, 6.45) is 6.59. The number of hydrogen-bond donors (Lipinski definition) is 1. The van der Waals surface area contributed by atoms with Gasteiger partial charge in [0.05, 0.1) is 0 Å². The number of thiophene rings is 1. The summed E-state index contributed by atoms with van der Waals surface area (Å²) in [6, 6.07) is 4.87. The summed E-state index contributed by atoms with van der Waals surface area (Å²) in [5.74, 6) is 0. The van der Waals surface area contributed by atoms with Crippen LogP contribution in [0.5, 0.6) is 0 Å². The lowest BCUT2D eigenvalue weighted by molar-refractivity contribution is 0.533. The van der Waals surface area contributed by atoms with Gasteiger partial charge >= 0.3 is 0 Å². The van der Waals surface area contributed by atoms with Gasteiger partial charge in [0, 0.05) is 10.9 Å². The van der Waals surface area contributed by atoms with Crippen molar-refractivity contribution in [3.05, 3.63) is 34.5 Å². The molecule has 1 unspecified atom stereocenters. The van der Waals surface area contributed by atoms with Gasteiger partial charge in [0.2, 0.25) is 0 Å². The van der Waals surface area contributed by atoms with Crippen LogP contribution in [-0.4, -0.2) is 6.54 Å². The molecule has 0 aliphatic heterocycles. The first-order chi connectivity index (χ1) is 6.88. The molecule has 1 aromatic rings. The van der Waals surface area contributed by atoms with E-state index in [9.17, 15) is 0 Å². The minimum absolute atomic E-state index is 0.542. The minimum atomic E-state index is 0.542. The Morgan fingerprint density at radius 2 is 2.43 bits per heavy atom. The fourth-order valence-electron chi connectivity index (χ4n) is 1.44. The average molecular weight is 209 g/mol. The second-order valence-electron chi connectivity index (χ2n) is 3.29. The zero-order valence-electron chi connectivity index (χ0n) is 8.99. The Balaban J connectivity index is 2.33. The molecule has 0 radical (unpaired) electrons. The van der Waals surface area contributed by atoms with Gasteiger partial charge < -0.3 is 5.32 Å². The molecule has 0 bridgehead atoms. The highest BCUT2D eigenvalue weighted by Crippen LogP contribution is 2.21. The molecular weight excluding hydrogens is 190 g/mol. The van der Waals surface area contributed by atoms with Crippen molar-refractivity contribution in [3.63, 3.8) is 0 Å². The van der Waals surface area contributed by atoms with E-state index in [0.29, 0.717) is 6.04 Å². The molecule has 0 amide bonds. The van der Waals surface area contributed by atoms with Crippen LogP contribution in [-0.2, 0) is 0 Å². The van der Waals surface area contributed by atoms with Crippen LogP contribution in [0.4, 0.5) is 0 Å². The molecule has 0 spiro atoms. The highest BCUT2D eigenvalue weighted by atomic mass is 32.1. The van der Waals surface area contributed by atoms with E-state index in [1.807, 2.05) is 11.3 Å². The first-order valence-electron chi connectivity index (χ1n) is 5.26. The third-order valence-electron chi connectivity index (χ3n) is 2.23. The van der Waals surface area contributed by atoms with Gasteiger partial charge in [0.25, 0.3) is 0 Å². The first kappa shape index (κ1) is 11.5. The minimum Gasteiger partial charge on any atom is -0.309 e. The summed E-state index contributed by atoms with van der Waals surface area (Å²) in [7, 11) is 0. The van der Waals surface area contributed by atoms with Crippen molar-refractivity contribution >= 4 is 11.3 Å². The number of rotatable bonds is 6. The molecule has 1 atom stereocenters. The number of hydrogen-bond acceptors (Lipinski definition) is 2. The Labute approximate surface area is 90.9 Å². The molecule has 1 aromatic heterocycles. The third-order valence-corrected chi connectivity index (χ3v) is 3.22. The summed E-state index contributed by atoms with van der Waals surface area (Å²) < 4.78 is 0. The SMILES string of the molecule is C/C=C/CCNC(CC)c1cccs1. The van der Waals surface area contributed by atoms with E-state index >= 15 is 0 Å². The number of nitrogens with one attached hydrogen (secondary N) is 1. The van der Waals surface area contributed by atoms with Gasteiger partial charge in [-0.05, 0) is 37.8 Å². The van der Waals surface area contributed by atoms with Gasteiger partial charge in [-0.2, -0.15) is 0 Å². The van der Waals surface area contributed by atoms with Crippen molar-refractivity contribution in [2.45, 2.75) is 32.7 Å². The third kappa shape index (κ3) is 3.64. The van der Waals surface area contributed by atoms with E-state index < -0.39 is 0 Å². The highest BCUT2D eigenvalue weighted by Gasteiger charge is 2.07. The number of allylic oxidation sites excluding steroid dienone is 1. The lowest BCUT2D eigenvalue weighted by Gasteiger charge is -2.14. The van der Waals surface area contributed by atoms with Crippen molar-refractivity contribution in [1.29, 1.82) is 0 Å². The maximum atomic E-state index is 3.57. The van der Waals surface area contributed by atoms with E-state index in [-0.39, 0.29) is 0 Å². The predicted octanol–water partition coefficient (Wildman–Crippen LogP) is 3.76. The maximum Gasteiger partial charge on any atom is 0.0412 e. The van der Waals surface area contributed by atoms with E-state index in [0.717, 1.165) is 19.4 Å². The summed E-state index contributed by atoms with van der Waals surface area (Å²) in [6.45, 7) is 5.37. The molecule has 14 heavy (non-hydrogen) atoms. The summed E-state index contributed by atoms with van der Waals surface area (Å²) >= 11 is 1.84. The van der Waals surface area contributed by atoms with Crippen molar-refractivity contribution in [2.75, 3.05) is 6.54 Å².